The van der Waals surface area contributed by atoms with E-state index in [1.165, 1.54) is 22.5 Å². The first-order valence-corrected chi connectivity index (χ1v) is 7.73. The Morgan fingerprint density at radius 3 is 2.57 bits per heavy atom. The fourth-order valence-corrected chi connectivity index (χ4v) is 3.09. The van der Waals surface area contributed by atoms with E-state index in [2.05, 4.69) is 88.9 Å². The summed E-state index contributed by atoms with van der Waals surface area (Å²) in [6.07, 6.45) is 3.99. The zero-order chi connectivity index (χ0) is 15.8. The number of hydrogen-bond acceptors (Lipinski definition) is 1. The zero-order valence-corrected chi connectivity index (χ0v) is 13.3. The van der Waals surface area contributed by atoms with Gasteiger partial charge in [0.05, 0.1) is 22.3 Å². The number of fused-ring (bicyclic) bond motifs is 1. The second-order valence-corrected chi connectivity index (χ2v) is 5.77. The van der Waals surface area contributed by atoms with Gasteiger partial charge in [-0.1, -0.05) is 24.3 Å². The van der Waals surface area contributed by atoms with Crippen molar-refractivity contribution in [3.05, 3.63) is 78.8 Å². The first-order valence-electron chi connectivity index (χ1n) is 7.73. The van der Waals surface area contributed by atoms with E-state index in [1.54, 1.807) is 0 Å². The molecule has 23 heavy (non-hydrogen) atoms. The number of aromatic nitrogens is 3. The molecule has 0 saturated heterocycles. The van der Waals surface area contributed by atoms with E-state index in [0.29, 0.717) is 0 Å². The lowest BCUT2D eigenvalue weighted by Gasteiger charge is -2.10. The SMILES string of the molecule is Cc1ccccc1-n1cnc2cccc(-c3cccc[n+]3C)c21. The maximum absolute atomic E-state index is 4.61. The molecule has 4 aromatic rings. The van der Waals surface area contributed by atoms with Gasteiger partial charge in [0.25, 0.3) is 0 Å². The van der Waals surface area contributed by atoms with Gasteiger partial charge in [-0.25, -0.2) is 9.55 Å². The van der Waals surface area contributed by atoms with Crippen LogP contribution in [0.1, 0.15) is 5.56 Å². The predicted octanol–water partition coefficient (Wildman–Crippen LogP) is 3.83. The molecule has 3 heteroatoms. The monoisotopic (exact) mass is 300 g/mol. The predicted molar refractivity (Wildman–Crippen MR) is 92.4 cm³/mol. The Morgan fingerprint density at radius 1 is 0.913 bits per heavy atom. The van der Waals surface area contributed by atoms with E-state index in [9.17, 15) is 0 Å². The summed E-state index contributed by atoms with van der Waals surface area (Å²) in [6.45, 7) is 2.13. The van der Waals surface area contributed by atoms with Crippen molar-refractivity contribution in [3.8, 4) is 16.9 Å². The number of hydrogen-bond donors (Lipinski definition) is 0. The quantitative estimate of drug-likeness (QED) is 0.516. The van der Waals surface area contributed by atoms with Crippen molar-refractivity contribution in [3.63, 3.8) is 0 Å². The third kappa shape index (κ3) is 2.21. The highest BCUT2D eigenvalue weighted by molar-refractivity contribution is 5.91. The lowest BCUT2D eigenvalue weighted by Crippen LogP contribution is -2.30. The van der Waals surface area contributed by atoms with Crippen LogP contribution in [0, 0.1) is 6.92 Å². The fourth-order valence-electron chi connectivity index (χ4n) is 3.09. The number of nitrogens with zero attached hydrogens (tertiary/aromatic N) is 3. The summed E-state index contributed by atoms with van der Waals surface area (Å²) in [6, 6.07) is 21.0. The van der Waals surface area contributed by atoms with Gasteiger partial charge in [0.15, 0.2) is 6.20 Å². The summed E-state index contributed by atoms with van der Waals surface area (Å²) in [5, 5.41) is 0. The molecule has 0 unspecified atom stereocenters. The third-order valence-corrected chi connectivity index (χ3v) is 4.27. The van der Waals surface area contributed by atoms with Crippen molar-refractivity contribution < 1.29 is 4.57 Å². The maximum Gasteiger partial charge on any atom is 0.214 e. The largest absolute Gasteiger partial charge is 0.298 e. The second kappa shape index (κ2) is 5.36. The summed E-state index contributed by atoms with van der Waals surface area (Å²) in [5.41, 5.74) is 6.91. The zero-order valence-electron chi connectivity index (χ0n) is 13.3. The second-order valence-electron chi connectivity index (χ2n) is 5.77. The van der Waals surface area contributed by atoms with Gasteiger partial charge in [-0.3, -0.25) is 4.57 Å². The van der Waals surface area contributed by atoms with Crippen LogP contribution in [-0.2, 0) is 7.05 Å². The van der Waals surface area contributed by atoms with E-state index in [4.69, 9.17) is 0 Å². The highest BCUT2D eigenvalue weighted by Gasteiger charge is 2.17. The molecule has 0 fully saturated rings. The van der Waals surface area contributed by atoms with Crippen molar-refractivity contribution in [2.45, 2.75) is 6.92 Å². The molecule has 0 atom stereocenters. The summed E-state index contributed by atoms with van der Waals surface area (Å²) in [7, 11) is 2.07. The first-order chi connectivity index (χ1) is 11.3. The van der Waals surface area contributed by atoms with Gasteiger partial charge in [0.1, 0.15) is 13.4 Å². The number of rotatable bonds is 2. The molecule has 112 valence electrons. The van der Waals surface area contributed by atoms with Crippen LogP contribution < -0.4 is 4.57 Å². The Bertz CT molecular complexity index is 999. The van der Waals surface area contributed by atoms with Gasteiger partial charge in [-0.2, -0.15) is 0 Å². The normalized spacial score (nSPS) is 11.0. The first kappa shape index (κ1) is 13.7. The Labute approximate surface area is 135 Å². The third-order valence-electron chi connectivity index (χ3n) is 4.27. The Morgan fingerprint density at radius 2 is 1.74 bits per heavy atom. The molecule has 0 aliphatic heterocycles. The molecule has 0 bridgehead atoms. The average Bonchev–Trinajstić information content (AvgIpc) is 3.00. The minimum Gasteiger partial charge on any atom is -0.298 e. The van der Waals surface area contributed by atoms with Crippen LogP contribution >= 0.6 is 0 Å². The van der Waals surface area contributed by atoms with Crippen molar-refractivity contribution in [1.82, 2.24) is 9.55 Å². The molecule has 3 nitrogen and oxygen atoms in total. The van der Waals surface area contributed by atoms with Crippen LogP contribution in [0.3, 0.4) is 0 Å². The number of benzene rings is 2. The van der Waals surface area contributed by atoms with Crippen molar-refractivity contribution in [1.29, 1.82) is 0 Å². The molecule has 0 aliphatic rings. The minimum absolute atomic E-state index is 1.01. The standard InChI is InChI=1S/C20H18N3/c1-15-8-3-4-11-18(15)23-14-21-17-10-7-9-16(20(17)23)19-12-5-6-13-22(19)2/h3-14H,1-2H3/q+1. The fraction of sp³-hybridized carbons (Fsp3) is 0.100. The van der Waals surface area contributed by atoms with Gasteiger partial charge in [0, 0.05) is 12.1 Å². The number of para-hydroxylation sites is 2. The van der Waals surface area contributed by atoms with E-state index >= 15 is 0 Å². The molecule has 2 aromatic heterocycles. The topological polar surface area (TPSA) is 21.7 Å². The summed E-state index contributed by atoms with van der Waals surface area (Å²) in [4.78, 5) is 4.61. The van der Waals surface area contributed by atoms with Crippen LogP contribution in [0.25, 0.3) is 28.0 Å². The van der Waals surface area contributed by atoms with Crippen LogP contribution in [0.4, 0.5) is 0 Å². The smallest absolute Gasteiger partial charge is 0.214 e. The summed E-state index contributed by atoms with van der Waals surface area (Å²) < 4.78 is 4.33. The molecular formula is C20H18N3+. The minimum atomic E-state index is 1.01. The van der Waals surface area contributed by atoms with Crippen molar-refractivity contribution in [2.24, 2.45) is 7.05 Å². The van der Waals surface area contributed by atoms with E-state index < -0.39 is 0 Å². The molecule has 2 aromatic carbocycles. The molecular weight excluding hydrogens is 282 g/mol. The number of aryl methyl sites for hydroxylation is 2. The number of pyridine rings is 1. The van der Waals surface area contributed by atoms with Crippen molar-refractivity contribution in [2.75, 3.05) is 0 Å². The van der Waals surface area contributed by atoms with Gasteiger partial charge in [-0.15, -0.1) is 0 Å². The van der Waals surface area contributed by atoms with Gasteiger partial charge in [0.2, 0.25) is 5.69 Å². The van der Waals surface area contributed by atoms with E-state index in [-0.39, 0.29) is 0 Å². The van der Waals surface area contributed by atoms with E-state index in [1.807, 2.05) is 12.4 Å². The Hall–Kier alpha value is -2.94. The molecule has 4 rings (SSSR count). The van der Waals surface area contributed by atoms with Crippen LogP contribution in [0.2, 0.25) is 0 Å². The Kier molecular flexibility index (Phi) is 3.19. The summed E-state index contributed by atoms with van der Waals surface area (Å²) in [5.74, 6) is 0. The highest BCUT2D eigenvalue weighted by Crippen LogP contribution is 2.29. The van der Waals surface area contributed by atoms with Crippen LogP contribution in [0.5, 0.6) is 0 Å². The molecule has 0 radical (unpaired) electrons. The molecule has 0 N–H and O–H groups in total. The average molecular weight is 300 g/mol. The molecule has 0 spiro atoms. The lowest BCUT2D eigenvalue weighted by atomic mass is 10.1. The number of imidazole rings is 1. The Balaban J connectivity index is 2.06. The lowest BCUT2D eigenvalue weighted by molar-refractivity contribution is -0.660. The van der Waals surface area contributed by atoms with Gasteiger partial charge in [-0.05, 0) is 36.8 Å². The summed E-state index contributed by atoms with van der Waals surface area (Å²) >= 11 is 0. The highest BCUT2D eigenvalue weighted by atomic mass is 15.1. The van der Waals surface area contributed by atoms with Crippen LogP contribution in [-0.4, -0.2) is 9.55 Å². The molecule has 0 aliphatic carbocycles. The van der Waals surface area contributed by atoms with Crippen LogP contribution in [0.15, 0.2) is 73.2 Å². The molecule has 0 amide bonds. The van der Waals surface area contributed by atoms with Gasteiger partial charge >= 0.3 is 0 Å². The van der Waals surface area contributed by atoms with E-state index in [0.717, 1.165) is 11.0 Å². The van der Waals surface area contributed by atoms with Crippen molar-refractivity contribution >= 4 is 11.0 Å². The maximum atomic E-state index is 4.61. The molecule has 2 heterocycles. The van der Waals surface area contributed by atoms with Gasteiger partial charge < -0.3 is 0 Å². The molecule has 0 saturated carbocycles.